The Kier molecular flexibility index (Phi) is 3.58. The van der Waals surface area contributed by atoms with Crippen molar-refractivity contribution in [3.05, 3.63) is 75.5 Å². The highest BCUT2D eigenvalue weighted by Gasteiger charge is 2.08. The number of nitrogens with zero attached hydrogens (tertiary/aromatic N) is 2. The van der Waals surface area contributed by atoms with Gasteiger partial charge in [0.1, 0.15) is 11.5 Å². The summed E-state index contributed by atoms with van der Waals surface area (Å²) in [4.78, 5) is 11.9. The first-order chi connectivity index (χ1) is 10.1. The molecule has 0 fully saturated rings. The molecule has 4 nitrogen and oxygen atoms in total. The second-order valence-electron chi connectivity index (χ2n) is 4.43. The Morgan fingerprint density at radius 2 is 2.10 bits per heavy atom. The van der Waals surface area contributed by atoms with Crippen LogP contribution in [0.4, 0.5) is 4.39 Å². The van der Waals surface area contributed by atoms with Crippen molar-refractivity contribution in [2.75, 3.05) is 0 Å². The molecule has 0 saturated carbocycles. The van der Waals surface area contributed by atoms with Gasteiger partial charge in [0.15, 0.2) is 5.76 Å². The van der Waals surface area contributed by atoms with Gasteiger partial charge in [0.25, 0.3) is 5.56 Å². The van der Waals surface area contributed by atoms with Gasteiger partial charge in [-0.3, -0.25) is 4.79 Å². The third-order valence-corrected chi connectivity index (χ3v) is 3.33. The van der Waals surface area contributed by atoms with Crippen LogP contribution < -0.4 is 5.56 Å². The van der Waals surface area contributed by atoms with Gasteiger partial charge in [-0.1, -0.05) is 17.7 Å². The molecule has 0 aliphatic rings. The minimum atomic E-state index is -0.423. The molecule has 6 heteroatoms. The second kappa shape index (κ2) is 5.54. The third kappa shape index (κ3) is 2.87. The van der Waals surface area contributed by atoms with Crippen LogP contribution in [-0.4, -0.2) is 9.78 Å². The maximum atomic E-state index is 13.0. The highest BCUT2D eigenvalue weighted by atomic mass is 35.5. The molecule has 3 aromatic rings. The quantitative estimate of drug-likeness (QED) is 0.745. The lowest BCUT2D eigenvalue weighted by molar-refractivity contribution is 0.569. The Balaban J connectivity index is 1.98. The minimum absolute atomic E-state index is 0.159. The van der Waals surface area contributed by atoms with E-state index < -0.39 is 5.82 Å². The second-order valence-corrected chi connectivity index (χ2v) is 4.83. The summed E-state index contributed by atoms with van der Waals surface area (Å²) in [5.74, 6) is 0.141. The predicted molar refractivity (Wildman–Crippen MR) is 76.7 cm³/mol. The predicted octanol–water partition coefficient (Wildman–Crippen LogP) is 3.34. The normalized spacial score (nSPS) is 10.8. The summed E-state index contributed by atoms with van der Waals surface area (Å²) < 4.78 is 19.5. The number of hydrogen-bond acceptors (Lipinski definition) is 3. The van der Waals surface area contributed by atoms with Crippen molar-refractivity contribution in [3.63, 3.8) is 0 Å². The number of furan rings is 1. The minimum Gasteiger partial charge on any atom is -0.463 e. The van der Waals surface area contributed by atoms with Crippen LogP contribution in [0, 0.1) is 5.82 Å². The third-order valence-electron chi connectivity index (χ3n) is 2.98. The maximum Gasteiger partial charge on any atom is 0.267 e. The molecular weight excluding hydrogens is 295 g/mol. The van der Waals surface area contributed by atoms with Crippen molar-refractivity contribution in [3.8, 4) is 11.5 Å². The van der Waals surface area contributed by atoms with Crippen molar-refractivity contribution in [2.45, 2.75) is 6.54 Å². The number of aromatic nitrogens is 2. The topological polar surface area (TPSA) is 48.0 Å². The van der Waals surface area contributed by atoms with E-state index in [4.69, 9.17) is 16.0 Å². The number of hydrogen-bond donors (Lipinski definition) is 0. The van der Waals surface area contributed by atoms with Crippen LogP contribution in [0.1, 0.15) is 5.56 Å². The molecule has 2 aromatic heterocycles. The molecule has 0 saturated heterocycles. The van der Waals surface area contributed by atoms with E-state index in [9.17, 15) is 9.18 Å². The molecule has 0 atom stereocenters. The molecule has 2 heterocycles. The van der Waals surface area contributed by atoms with E-state index in [1.54, 1.807) is 18.2 Å². The van der Waals surface area contributed by atoms with Crippen LogP contribution >= 0.6 is 11.6 Å². The zero-order chi connectivity index (χ0) is 14.8. The van der Waals surface area contributed by atoms with Crippen molar-refractivity contribution >= 4 is 11.6 Å². The van der Waals surface area contributed by atoms with E-state index >= 15 is 0 Å². The average Bonchev–Trinajstić information content (AvgIpc) is 2.98. The zero-order valence-corrected chi connectivity index (χ0v) is 11.5. The van der Waals surface area contributed by atoms with Gasteiger partial charge in [-0.05, 0) is 35.9 Å². The summed E-state index contributed by atoms with van der Waals surface area (Å²) in [7, 11) is 0. The highest BCUT2D eigenvalue weighted by molar-refractivity contribution is 6.31. The van der Waals surface area contributed by atoms with E-state index in [2.05, 4.69) is 5.10 Å². The molecule has 0 radical (unpaired) electrons. The molecule has 0 spiro atoms. The van der Waals surface area contributed by atoms with E-state index in [-0.39, 0.29) is 17.1 Å². The molecule has 0 N–H and O–H groups in total. The molecule has 106 valence electrons. The van der Waals surface area contributed by atoms with Gasteiger partial charge in [0, 0.05) is 11.1 Å². The van der Waals surface area contributed by atoms with Crippen LogP contribution in [-0.2, 0) is 6.54 Å². The first kappa shape index (κ1) is 13.6. The fourth-order valence-corrected chi connectivity index (χ4v) is 2.16. The van der Waals surface area contributed by atoms with Crippen LogP contribution in [0.15, 0.2) is 57.9 Å². The van der Waals surface area contributed by atoms with Crippen LogP contribution in [0.25, 0.3) is 11.5 Å². The van der Waals surface area contributed by atoms with E-state index in [0.717, 1.165) is 0 Å². The summed E-state index contributed by atoms with van der Waals surface area (Å²) in [5, 5.41) is 4.49. The van der Waals surface area contributed by atoms with Gasteiger partial charge >= 0.3 is 0 Å². The largest absolute Gasteiger partial charge is 0.463 e. The number of rotatable bonds is 3. The summed E-state index contributed by atoms with van der Waals surface area (Å²) in [5.41, 5.74) is 0.882. The van der Waals surface area contributed by atoms with Crippen LogP contribution in [0.3, 0.4) is 0 Å². The molecule has 21 heavy (non-hydrogen) atoms. The van der Waals surface area contributed by atoms with Crippen LogP contribution in [0.5, 0.6) is 0 Å². The average molecular weight is 305 g/mol. The molecule has 3 rings (SSSR count). The van der Waals surface area contributed by atoms with Gasteiger partial charge in [-0.2, -0.15) is 5.10 Å². The lowest BCUT2D eigenvalue weighted by atomic mass is 10.2. The van der Waals surface area contributed by atoms with Gasteiger partial charge < -0.3 is 4.42 Å². The van der Waals surface area contributed by atoms with Gasteiger partial charge in [-0.25, -0.2) is 9.07 Å². The summed E-state index contributed by atoms with van der Waals surface area (Å²) in [6.07, 6.45) is 1.53. The summed E-state index contributed by atoms with van der Waals surface area (Å²) in [6.45, 7) is 0.159. The maximum absolute atomic E-state index is 13.0. The Morgan fingerprint density at radius 1 is 1.24 bits per heavy atom. The monoisotopic (exact) mass is 304 g/mol. The lowest BCUT2D eigenvalue weighted by Crippen LogP contribution is -2.22. The molecule has 1 aromatic carbocycles. The smallest absolute Gasteiger partial charge is 0.267 e. The van der Waals surface area contributed by atoms with Gasteiger partial charge in [0.2, 0.25) is 0 Å². The number of benzene rings is 1. The molecular formula is C15H10ClFN2O2. The van der Waals surface area contributed by atoms with Crippen molar-refractivity contribution < 1.29 is 8.81 Å². The Labute approximate surface area is 124 Å². The van der Waals surface area contributed by atoms with Gasteiger partial charge in [-0.15, -0.1) is 0 Å². The fraction of sp³-hybridized carbons (Fsp3) is 0.0667. The molecule has 0 aliphatic heterocycles. The zero-order valence-electron chi connectivity index (χ0n) is 10.8. The molecule has 0 bridgehead atoms. The van der Waals surface area contributed by atoms with E-state index in [0.29, 0.717) is 17.0 Å². The highest BCUT2D eigenvalue weighted by Crippen LogP contribution is 2.19. The molecule has 0 amide bonds. The van der Waals surface area contributed by atoms with Crippen molar-refractivity contribution in [1.29, 1.82) is 0 Å². The summed E-state index contributed by atoms with van der Waals surface area (Å²) >= 11 is 5.97. The van der Waals surface area contributed by atoms with E-state index in [1.807, 2.05) is 0 Å². The Hall–Kier alpha value is -2.40. The first-order valence-corrected chi connectivity index (χ1v) is 6.57. The lowest BCUT2D eigenvalue weighted by Gasteiger charge is -2.07. The van der Waals surface area contributed by atoms with Crippen molar-refractivity contribution in [2.24, 2.45) is 0 Å². The Morgan fingerprint density at radius 3 is 2.81 bits per heavy atom. The Bertz CT molecular complexity index is 828. The van der Waals surface area contributed by atoms with Crippen molar-refractivity contribution in [1.82, 2.24) is 9.78 Å². The van der Waals surface area contributed by atoms with Gasteiger partial charge in [0.05, 0.1) is 12.8 Å². The first-order valence-electron chi connectivity index (χ1n) is 6.19. The standard InChI is InChI=1S/C15H10ClFN2O2/c16-12-8-11(17)4-3-10(12)9-19-15(20)6-5-13(18-19)14-2-1-7-21-14/h1-8H,9H2. The summed E-state index contributed by atoms with van der Waals surface area (Å²) in [6, 6.07) is 10.5. The number of halogens is 2. The van der Waals surface area contributed by atoms with Crippen LogP contribution in [0.2, 0.25) is 5.02 Å². The molecule has 0 unspecified atom stereocenters. The SMILES string of the molecule is O=c1ccc(-c2ccco2)nn1Cc1ccc(F)cc1Cl. The van der Waals surface area contributed by atoms with E-state index in [1.165, 1.54) is 35.2 Å². The molecule has 0 aliphatic carbocycles. The fourth-order valence-electron chi connectivity index (χ4n) is 1.93.